The van der Waals surface area contributed by atoms with E-state index in [1.54, 1.807) is 11.1 Å². The fourth-order valence-corrected chi connectivity index (χ4v) is 4.52. The Balaban J connectivity index is 1.76. The van der Waals surface area contributed by atoms with Crippen molar-refractivity contribution in [3.63, 3.8) is 0 Å². The van der Waals surface area contributed by atoms with Crippen LogP contribution in [-0.2, 0) is 10.3 Å². The Bertz CT molecular complexity index is 452. The Labute approximate surface area is 109 Å². The van der Waals surface area contributed by atoms with Crippen LogP contribution in [0.15, 0.2) is 24.3 Å². The van der Waals surface area contributed by atoms with Crippen LogP contribution in [-0.4, -0.2) is 31.2 Å². The maximum Gasteiger partial charge on any atom is 0.0594 e. The third-order valence-corrected chi connectivity index (χ3v) is 5.26. The van der Waals surface area contributed by atoms with Gasteiger partial charge in [-0.1, -0.05) is 37.1 Å². The van der Waals surface area contributed by atoms with Crippen LogP contribution in [0.1, 0.15) is 42.7 Å². The predicted molar refractivity (Wildman–Crippen MR) is 71.7 cm³/mol. The fraction of sp³-hybridized carbons (Fsp3) is 0.625. The zero-order valence-electron chi connectivity index (χ0n) is 10.9. The maximum atomic E-state index is 5.54. The molecule has 0 amide bonds. The van der Waals surface area contributed by atoms with E-state index in [9.17, 15) is 0 Å². The van der Waals surface area contributed by atoms with Crippen LogP contribution in [0.25, 0.3) is 0 Å². The smallest absolute Gasteiger partial charge is 0.0594 e. The molecule has 2 nitrogen and oxygen atoms in total. The molecule has 2 atom stereocenters. The lowest BCUT2D eigenvalue weighted by Crippen LogP contribution is -2.60. The molecule has 1 heterocycles. The number of benzene rings is 1. The Morgan fingerprint density at radius 2 is 1.94 bits per heavy atom. The van der Waals surface area contributed by atoms with Gasteiger partial charge in [0.1, 0.15) is 0 Å². The summed E-state index contributed by atoms with van der Waals surface area (Å²) in [4.78, 5) is 2.72. The van der Waals surface area contributed by atoms with Gasteiger partial charge in [0.2, 0.25) is 0 Å². The molecule has 2 fully saturated rings. The molecule has 0 spiro atoms. The van der Waals surface area contributed by atoms with Crippen molar-refractivity contribution in [3.05, 3.63) is 35.4 Å². The fourth-order valence-electron chi connectivity index (χ4n) is 4.52. The van der Waals surface area contributed by atoms with Crippen LogP contribution in [0.3, 0.4) is 0 Å². The zero-order valence-corrected chi connectivity index (χ0v) is 10.9. The van der Waals surface area contributed by atoms with Crippen LogP contribution in [0.4, 0.5) is 0 Å². The van der Waals surface area contributed by atoms with E-state index in [1.165, 1.54) is 25.7 Å². The molecule has 0 bridgehead atoms. The summed E-state index contributed by atoms with van der Waals surface area (Å²) < 4.78 is 5.54. The lowest BCUT2D eigenvalue weighted by atomic mass is 9.55. The molecular formula is C16H21NO. The van der Waals surface area contributed by atoms with E-state index in [0.717, 1.165) is 32.2 Å². The average molecular weight is 243 g/mol. The molecule has 0 unspecified atom stereocenters. The second-order valence-electron chi connectivity index (χ2n) is 5.91. The van der Waals surface area contributed by atoms with Crippen molar-refractivity contribution in [2.24, 2.45) is 0 Å². The molecule has 1 aromatic rings. The summed E-state index contributed by atoms with van der Waals surface area (Å²) in [6.07, 6.45) is 5.54. The number of nitrogens with zero attached hydrogens (tertiary/aromatic N) is 1. The van der Waals surface area contributed by atoms with E-state index >= 15 is 0 Å². The third kappa shape index (κ3) is 1.31. The predicted octanol–water partition coefficient (Wildman–Crippen LogP) is 2.89. The molecule has 0 aromatic heterocycles. The number of hydrogen-bond acceptors (Lipinski definition) is 2. The quantitative estimate of drug-likeness (QED) is 0.752. The molecule has 0 N–H and O–H groups in total. The molecule has 1 aliphatic heterocycles. The first-order valence-corrected chi connectivity index (χ1v) is 7.35. The highest BCUT2D eigenvalue weighted by Crippen LogP contribution is 2.60. The Kier molecular flexibility index (Phi) is 2.49. The van der Waals surface area contributed by atoms with Crippen LogP contribution >= 0.6 is 0 Å². The van der Waals surface area contributed by atoms with E-state index in [0.29, 0.717) is 5.54 Å². The Hall–Kier alpha value is -0.860. The first-order valence-electron chi connectivity index (χ1n) is 7.35. The molecule has 1 saturated carbocycles. The van der Waals surface area contributed by atoms with E-state index in [4.69, 9.17) is 4.74 Å². The molecule has 3 aliphatic rings. The van der Waals surface area contributed by atoms with Gasteiger partial charge in [0.15, 0.2) is 0 Å². The molecule has 18 heavy (non-hydrogen) atoms. The number of ether oxygens (including phenoxy) is 1. The van der Waals surface area contributed by atoms with Gasteiger partial charge in [-0.25, -0.2) is 0 Å². The monoisotopic (exact) mass is 243 g/mol. The van der Waals surface area contributed by atoms with E-state index in [-0.39, 0.29) is 0 Å². The molecule has 0 radical (unpaired) electrons. The highest BCUT2D eigenvalue weighted by molar-refractivity contribution is 5.50. The van der Waals surface area contributed by atoms with Crippen molar-refractivity contribution < 1.29 is 4.74 Å². The molecule has 2 aliphatic carbocycles. The molecule has 96 valence electrons. The standard InChI is InChI=1S/C16H21NO/c1-2-6-14-13(5-1)15-7-3-4-8-16(14,15)17-9-11-18-12-10-17/h1-2,5-6,15H,3-4,7-12H2/t15-,16-/m0/s1. The van der Waals surface area contributed by atoms with Gasteiger partial charge < -0.3 is 4.74 Å². The van der Waals surface area contributed by atoms with Crippen molar-refractivity contribution in [2.75, 3.05) is 26.3 Å². The molecule has 4 rings (SSSR count). The lowest BCUT2D eigenvalue weighted by molar-refractivity contribution is -0.0650. The van der Waals surface area contributed by atoms with Gasteiger partial charge in [-0.3, -0.25) is 4.90 Å². The second kappa shape index (κ2) is 4.07. The summed E-state index contributed by atoms with van der Waals surface area (Å²) in [6, 6.07) is 9.14. The van der Waals surface area contributed by atoms with Gasteiger partial charge in [-0.05, 0) is 24.0 Å². The second-order valence-corrected chi connectivity index (χ2v) is 5.91. The van der Waals surface area contributed by atoms with Gasteiger partial charge in [0.25, 0.3) is 0 Å². The summed E-state index contributed by atoms with van der Waals surface area (Å²) in [6.45, 7) is 4.06. The molecule has 1 aromatic carbocycles. The van der Waals surface area contributed by atoms with Crippen LogP contribution in [0.5, 0.6) is 0 Å². The Morgan fingerprint density at radius 1 is 1.11 bits per heavy atom. The summed E-state index contributed by atoms with van der Waals surface area (Å²) >= 11 is 0. The average Bonchev–Trinajstić information content (AvgIpc) is 2.45. The summed E-state index contributed by atoms with van der Waals surface area (Å²) in [5, 5.41) is 0. The van der Waals surface area contributed by atoms with Gasteiger partial charge in [0, 0.05) is 19.0 Å². The summed E-state index contributed by atoms with van der Waals surface area (Å²) in [7, 11) is 0. The van der Waals surface area contributed by atoms with E-state index in [1.807, 2.05) is 0 Å². The van der Waals surface area contributed by atoms with E-state index < -0.39 is 0 Å². The molecular weight excluding hydrogens is 222 g/mol. The topological polar surface area (TPSA) is 12.5 Å². The van der Waals surface area contributed by atoms with Gasteiger partial charge in [-0.15, -0.1) is 0 Å². The largest absolute Gasteiger partial charge is 0.379 e. The van der Waals surface area contributed by atoms with Gasteiger partial charge >= 0.3 is 0 Å². The lowest BCUT2D eigenvalue weighted by Gasteiger charge is -2.60. The summed E-state index contributed by atoms with van der Waals surface area (Å²) in [5.74, 6) is 0.792. The van der Waals surface area contributed by atoms with Crippen molar-refractivity contribution in [3.8, 4) is 0 Å². The third-order valence-electron chi connectivity index (χ3n) is 5.26. The molecule has 2 heteroatoms. The highest BCUT2D eigenvalue weighted by atomic mass is 16.5. The number of fused-ring (bicyclic) bond motifs is 4. The number of morpholine rings is 1. The van der Waals surface area contributed by atoms with Crippen LogP contribution in [0.2, 0.25) is 0 Å². The van der Waals surface area contributed by atoms with Crippen LogP contribution in [0, 0.1) is 0 Å². The van der Waals surface area contributed by atoms with Crippen molar-refractivity contribution in [1.29, 1.82) is 0 Å². The SMILES string of the molecule is c1ccc2c(c1)[C@@H]1CCCC[C@]21N1CCOCC1. The number of hydrogen-bond donors (Lipinski definition) is 0. The zero-order chi connectivity index (χ0) is 12.0. The molecule has 1 saturated heterocycles. The highest BCUT2D eigenvalue weighted by Gasteiger charge is 2.55. The first-order chi connectivity index (χ1) is 8.93. The minimum absolute atomic E-state index is 0.374. The van der Waals surface area contributed by atoms with Gasteiger partial charge in [-0.2, -0.15) is 0 Å². The maximum absolute atomic E-state index is 5.54. The van der Waals surface area contributed by atoms with Gasteiger partial charge in [0.05, 0.1) is 18.8 Å². The number of rotatable bonds is 1. The minimum atomic E-state index is 0.374. The minimum Gasteiger partial charge on any atom is -0.379 e. The first kappa shape index (κ1) is 11.0. The Morgan fingerprint density at radius 3 is 2.83 bits per heavy atom. The van der Waals surface area contributed by atoms with Crippen molar-refractivity contribution in [1.82, 2.24) is 4.90 Å². The summed E-state index contributed by atoms with van der Waals surface area (Å²) in [5.41, 5.74) is 3.62. The van der Waals surface area contributed by atoms with Crippen LogP contribution < -0.4 is 0 Å². The normalized spacial score (nSPS) is 35.4. The van der Waals surface area contributed by atoms with E-state index in [2.05, 4.69) is 29.2 Å². The van der Waals surface area contributed by atoms with Crippen molar-refractivity contribution in [2.45, 2.75) is 37.1 Å². The van der Waals surface area contributed by atoms with Crippen molar-refractivity contribution >= 4 is 0 Å².